The third-order valence-corrected chi connectivity index (χ3v) is 5.58. The molecule has 0 radical (unpaired) electrons. The summed E-state index contributed by atoms with van der Waals surface area (Å²) in [7, 11) is -2.96. The Morgan fingerprint density at radius 1 is 1.10 bits per heavy atom. The second kappa shape index (κ2) is 7.06. The van der Waals surface area contributed by atoms with E-state index in [1.165, 1.54) is 19.3 Å². The molecule has 1 heterocycles. The first-order valence-electron chi connectivity index (χ1n) is 7.37. The summed E-state index contributed by atoms with van der Waals surface area (Å²) in [4.78, 5) is 11.7. The molecule has 2 rings (SSSR count). The molecule has 2 fully saturated rings. The van der Waals surface area contributed by atoms with Crippen molar-refractivity contribution >= 4 is 21.6 Å². The number of urea groups is 1. The van der Waals surface area contributed by atoms with Gasteiger partial charge in [-0.15, -0.1) is 0 Å². The molecule has 1 aliphatic carbocycles. The molecule has 0 aromatic rings. The summed E-state index contributed by atoms with van der Waals surface area (Å²) < 4.78 is 22.6. The molecule has 1 saturated heterocycles. The Morgan fingerprint density at radius 2 is 1.75 bits per heavy atom. The van der Waals surface area contributed by atoms with Gasteiger partial charge in [0.2, 0.25) is 0 Å². The topological polar surface area (TPSA) is 87.6 Å². The molecular weight excluding hydrogens is 278 g/mol. The Hall–Kier alpha value is -1.11. The van der Waals surface area contributed by atoms with Crippen LogP contribution in [0.15, 0.2) is 5.10 Å². The van der Waals surface area contributed by atoms with Crippen molar-refractivity contribution in [2.24, 2.45) is 5.10 Å². The number of amides is 2. The summed E-state index contributed by atoms with van der Waals surface area (Å²) in [5.74, 6) is 0.198. The fourth-order valence-corrected chi connectivity index (χ4v) is 4.35. The minimum absolute atomic E-state index is 0.0387. The lowest BCUT2D eigenvalue weighted by Crippen LogP contribution is -2.41. The largest absolute Gasteiger partial charge is 0.335 e. The van der Waals surface area contributed by atoms with Gasteiger partial charge in [-0.05, 0) is 32.1 Å². The Balaban J connectivity index is 1.76. The first-order chi connectivity index (χ1) is 9.55. The number of hydrogen-bond donors (Lipinski definition) is 2. The van der Waals surface area contributed by atoms with Crippen LogP contribution >= 0.6 is 0 Å². The van der Waals surface area contributed by atoms with Crippen LogP contribution in [-0.4, -0.2) is 37.7 Å². The predicted octanol–water partition coefficient (Wildman–Crippen LogP) is 1.57. The van der Waals surface area contributed by atoms with Crippen molar-refractivity contribution in [3.8, 4) is 0 Å². The Labute approximate surface area is 120 Å². The van der Waals surface area contributed by atoms with Gasteiger partial charge in [-0.25, -0.2) is 18.6 Å². The fourth-order valence-electron chi connectivity index (χ4n) is 2.68. The Kier molecular flexibility index (Phi) is 5.39. The zero-order valence-electron chi connectivity index (χ0n) is 11.7. The van der Waals surface area contributed by atoms with Crippen LogP contribution in [0.2, 0.25) is 0 Å². The molecule has 1 unspecified atom stereocenters. The molecule has 114 valence electrons. The monoisotopic (exact) mass is 301 g/mol. The molecule has 0 bridgehead atoms. The molecule has 1 saturated carbocycles. The molecular formula is C13H23N3O3S. The first kappa shape index (κ1) is 15.3. The Bertz CT molecular complexity index is 463. The lowest BCUT2D eigenvalue weighted by Gasteiger charge is -2.12. The van der Waals surface area contributed by atoms with Crippen LogP contribution in [0.4, 0.5) is 4.79 Å². The zero-order chi connectivity index (χ0) is 14.4. The van der Waals surface area contributed by atoms with E-state index in [0.29, 0.717) is 6.42 Å². The second-order valence-corrected chi connectivity index (χ2v) is 7.86. The minimum atomic E-state index is -2.96. The maximum atomic E-state index is 11.7. The molecule has 0 spiro atoms. The van der Waals surface area contributed by atoms with E-state index in [2.05, 4.69) is 15.8 Å². The van der Waals surface area contributed by atoms with E-state index in [-0.39, 0.29) is 17.5 Å². The third-order valence-electron chi connectivity index (χ3n) is 3.81. The van der Waals surface area contributed by atoms with Gasteiger partial charge >= 0.3 is 6.03 Å². The number of nitrogens with one attached hydrogen (secondary N) is 2. The van der Waals surface area contributed by atoms with E-state index in [4.69, 9.17) is 0 Å². The summed E-state index contributed by atoms with van der Waals surface area (Å²) in [6.45, 7) is 0. The van der Waals surface area contributed by atoms with Gasteiger partial charge in [0.15, 0.2) is 9.84 Å². The van der Waals surface area contributed by atoms with E-state index in [9.17, 15) is 13.2 Å². The van der Waals surface area contributed by atoms with Crippen LogP contribution in [0.1, 0.15) is 51.4 Å². The fraction of sp³-hybridized carbons (Fsp3) is 0.846. The van der Waals surface area contributed by atoms with Gasteiger partial charge in [0.1, 0.15) is 0 Å². The van der Waals surface area contributed by atoms with Crippen molar-refractivity contribution in [1.82, 2.24) is 10.7 Å². The van der Waals surface area contributed by atoms with Gasteiger partial charge in [0, 0.05) is 11.8 Å². The lowest BCUT2D eigenvalue weighted by molar-refractivity contribution is 0.238. The number of hydrogen-bond acceptors (Lipinski definition) is 4. The maximum Gasteiger partial charge on any atom is 0.335 e. The van der Waals surface area contributed by atoms with Crippen LogP contribution in [0.25, 0.3) is 0 Å². The smallest absolute Gasteiger partial charge is 0.333 e. The van der Waals surface area contributed by atoms with Gasteiger partial charge in [0.05, 0.1) is 11.5 Å². The summed E-state index contributed by atoms with van der Waals surface area (Å²) in [6, 6.07) is -0.681. The highest BCUT2D eigenvalue weighted by atomic mass is 32.2. The normalized spacial score (nSPS) is 26.4. The highest BCUT2D eigenvalue weighted by Gasteiger charge is 2.28. The maximum absolute atomic E-state index is 11.7. The number of carbonyl (C=O) groups is 1. The number of hydrazone groups is 1. The van der Waals surface area contributed by atoms with Crippen LogP contribution in [0, 0.1) is 0 Å². The summed E-state index contributed by atoms with van der Waals surface area (Å²) in [6.07, 6.45) is 8.38. The van der Waals surface area contributed by atoms with Crippen LogP contribution in [0.3, 0.4) is 0 Å². The first-order valence-corrected chi connectivity index (χ1v) is 9.20. The van der Waals surface area contributed by atoms with Gasteiger partial charge in [-0.3, -0.25) is 0 Å². The number of carbonyl (C=O) groups excluding carboxylic acids is 1. The molecule has 2 N–H and O–H groups in total. The van der Waals surface area contributed by atoms with Gasteiger partial charge in [-0.1, -0.05) is 19.3 Å². The zero-order valence-corrected chi connectivity index (χ0v) is 12.5. The highest BCUT2D eigenvalue weighted by molar-refractivity contribution is 7.91. The van der Waals surface area contributed by atoms with Crippen molar-refractivity contribution in [2.45, 2.75) is 57.4 Å². The SMILES string of the molecule is O=C(NN=C1CCCCCCC1)NC1CCS(=O)(=O)C1. The van der Waals surface area contributed by atoms with E-state index >= 15 is 0 Å². The number of rotatable bonds is 2. The van der Waals surface area contributed by atoms with Gasteiger partial charge in [-0.2, -0.15) is 5.10 Å². The van der Waals surface area contributed by atoms with Crippen molar-refractivity contribution < 1.29 is 13.2 Å². The van der Waals surface area contributed by atoms with Crippen molar-refractivity contribution in [1.29, 1.82) is 0 Å². The molecule has 2 aliphatic rings. The average molecular weight is 301 g/mol. The van der Waals surface area contributed by atoms with E-state index in [0.717, 1.165) is 31.4 Å². The molecule has 2 amide bonds. The van der Waals surface area contributed by atoms with E-state index in [1.54, 1.807) is 0 Å². The van der Waals surface area contributed by atoms with Crippen LogP contribution < -0.4 is 10.7 Å². The van der Waals surface area contributed by atoms with E-state index in [1.807, 2.05) is 0 Å². The number of nitrogens with zero attached hydrogens (tertiary/aromatic N) is 1. The van der Waals surface area contributed by atoms with Crippen LogP contribution in [-0.2, 0) is 9.84 Å². The summed E-state index contributed by atoms with van der Waals surface area (Å²) in [5.41, 5.74) is 3.54. The highest BCUT2D eigenvalue weighted by Crippen LogP contribution is 2.14. The van der Waals surface area contributed by atoms with Gasteiger partial charge in [0.25, 0.3) is 0 Å². The van der Waals surface area contributed by atoms with E-state index < -0.39 is 15.9 Å². The minimum Gasteiger partial charge on any atom is -0.333 e. The van der Waals surface area contributed by atoms with Crippen molar-refractivity contribution in [3.05, 3.63) is 0 Å². The predicted molar refractivity (Wildman–Crippen MR) is 78.5 cm³/mol. The van der Waals surface area contributed by atoms with Crippen molar-refractivity contribution in [3.63, 3.8) is 0 Å². The number of sulfone groups is 1. The molecule has 7 heteroatoms. The Morgan fingerprint density at radius 3 is 2.35 bits per heavy atom. The molecule has 0 aromatic heterocycles. The molecule has 20 heavy (non-hydrogen) atoms. The van der Waals surface area contributed by atoms with Gasteiger partial charge < -0.3 is 5.32 Å². The molecule has 6 nitrogen and oxygen atoms in total. The average Bonchev–Trinajstić information content (AvgIpc) is 2.67. The molecule has 1 atom stereocenters. The molecule has 0 aromatic carbocycles. The third kappa shape index (κ3) is 5.11. The summed E-state index contributed by atoms with van der Waals surface area (Å²) >= 11 is 0. The second-order valence-electron chi connectivity index (χ2n) is 5.63. The lowest BCUT2D eigenvalue weighted by atomic mass is 9.99. The van der Waals surface area contributed by atoms with Crippen LogP contribution in [0.5, 0.6) is 0 Å². The van der Waals surface area contributed by atoms with Crippen molar-refractivity contribution in [2.75, 3.05) is 11.5 Å². The standard InChI is InChI=1S/C13H23N3O3S/c17-13(14-12-8-9-20(18,19)10-12)16-15-11-6-4-2-1-3-5-7-11/h12H,1-10H2,(H2,14,16,17). The quantitative estimate of drug-likeness (QED) is 0.759. The molecule has 1 aliphatic heterocycles. The summed E-state index contributed by atoms with van der Waals surface area (Å²) in [5, 5.41) is 6.83.